The van der Waals surface area contributed by atoms with Crippen LogP contribution in [0.3, 0.4) is 0 Å². The maximum absolute atomic E-state index is 14.1. The fraction of sp³-hybridized carbons (Fsp3) is 0.625. The van der Waals surface area contributed by atoms with E-state index in [1.807, 2.05) is 12.1 Å². The number of nitrogens with one attached hydrogen (secondary N) is 1. The van der Waals surface area contributed by atoms with Crippen molar-refractivity contribution in [3.05, 3.63) is 29.6 Å². The molecule has 0 aromatic heterocycles. The zero-order valence-electron chi connectivity index (χ0n) is 12.5. The average molecular weight is 297 g/mol. The number of rotatable bonds is 5. The van der Waals surface area contributed by atoms with Crippen LogP contribution in [-0.2, 0) is 11.3 Å². The van der Waals surface area contributed by atoms with Gasteiger partial charge in [-0.25, -0.2) is 4.39 Å². The molecule has 1 aliphatic heterocycles. The molecule has 1 fully saturated rings. The molecule has 0 spiro atoms. The molecule has 1 N–H and O–H groups in total. The predicted octanol–water partition coefficient (Wildman–Crippen LogP) is 3.98. The van der Waals surface area contributed by atoms with Crippen molar-refractivity contribution in [2.75, 3.05) is 12.4 Å². The normalized spacial score (nSPS) is 19.5. The molecule has 2 rings (SSSR count). The zero-order valence-corrected chi connectivity index (χ0v) is 13.4. The summed E-state index contributed by atoms with van der Waals surface area (Å²) in [6.07, 6.45) is 2.52. The third-order valence-electron chi connectivity index (χ3n) is 3.27. The Bertz CT molecular complexity index is 439. The van der Waals surface area contributed by atoms with Crippen LogP contribution in [0.15, 0.2) is 23.1 Å². The van der Waals surface area contributed by atoms with Gasteiger partial charge in [-0.15, -0.1) is 11.8 Å². The topological polar surface area (TPSA) is 21.3 Å². The Labute approximate surface area is 125 Å². The molecule has 1 aliphatic rings. The summed E-state index contributed by atoms with van der Waals surface area (Å²) >= 11 is 1.56. The van der Waals surface area contributed by atoms with Crippen molar-refractivity contribution in [3.63, 3.8) is 0 Å². The van der Waals surface area contributed by atoms with Gasteiger partial charge in [0.2, 0.25) is 0 Å². The van der Waals surface area contributed by atoms with Gasteiger partial charge in [0.15, 0.2) is 0 Å². The highest BCUT2D eigenvalue weighted by Gasteiger charge is 2.16. The summed E-state index contributed by atoms with van der Waals surface area (Å²) in [4.78, 5) is 0.722. The fourth-order valence-corrected chi connectivity index (χ4v) is 3.09. The van der Waals surface area contributed by atoms with Gasteiger partial charge in [0.05, 0.1) is 6.10 Å². The van der Waals surface area contributed by atoms with Gasteiger partial charge in [-0.1, -0.05) is 6.07 Å². The maximum Gasteiger partial charge on any atom is 0.137 e. The van der Waals surface area contributed by atoms with Crippen LogP contribution in [0, 0.1) is 5.82 Å². The van der Waals surface area contributed by atoms with E-state index in [0.717, 1.165) is 35.7 Å². The van der Waals surface area contributed by atoms with E-state index in [4.69, 9.17) is 4.74 Å². The second-order valence-corrected chi connectivity index (χ2v) is 7.38. The molecule has 1 aromatic carbocycles. The van der Waals surface area contributed by atoms with E-state index in [-0.39, 0.29) is 11.4 Å². The van der Waals surface area contributed by atoms with Crippen molar-refractivity contribution < 1.29 is 9.13 Å². The van der Waals surface area contributed by atoms with Crippen molar-refractivity contribution in [2.45, 2.75) is 56.7 Å². The average Bonchev–Trinajstić information content (AvgIpc) is 2.87. The summed E-state index contributed by atoms with van der Waals surface area (Å²) in [6, 6.07) is 5.52. The molecule has 0 amide bonds. The fourth-order valence-electron chi connectivity index (χ4n) is 2.10. The van der Waals surface area contributed by atoms with E-state index in [1.165, 1.54) is 0 Å². The van der Waals surface area contributed by atoms with Crippen LogP contribution < -0.4 is 5.32 Å². The Kier molecular flexibility index (Phi) is 5.47. The molecule has 1 aromatic rings. The van der Waals surface area contributed by atoms with Crippen LogP contribution in [-0.4, -0.2) is 24.0 Å². The molecule has 1 atom stereocenters. The lowest BCUT2D eigenvalue weighted by molar-refractivity contribution is 0.129. The highest BCUT2D eigenvalue weighted by atomic mass is 32.2. The number of hydrogen-bond acceptors (Lipinski definition) is 3. The Morgan fingerprint density at radius 1 is 1.40 bits per heavy atom. The Hall–Kier alpha value is -0.580. The maximum atomic E-state index is 14.1. The van der Waals surface area contributed by atoms with E-state index < -0.39 is 0 Å². The van der Waals surface area contributed by atoms with Crippen LogP contribution in [0.1, 0.15) is 39.2 Å². The van der Waals surface area contributed by atoms with Gasteiger partial charge in [0.1, 0.15) is 5.82 Å². The number of ether oxygens (including phenoxy) is 1. The van der Waals surface area contributed by atoms with E-state index in [2.05, 4.69) is 26.1 Å². The van der Waals surface area contributed by atoms with Crippen molar-refractivity contribution >= 4 is 11.8 Å². The van der Waals surface area contributed by atoms with E-state index in [0.29, 0.717) is 12.6 Å². The lowest BCUT2D eigenvalue weighted by Crippen LogP contribution is -2.35. The summed E-state index contributed by atoms with van der Waals surface area (Å²) in [5.74, 6) is 0.720. The number of thioether (sulfide) groups is 1. The lowest BCUT2D eigenvalue weighted by atomic mass is 10.1. The standard InChI is InChI=1S/C16H24FNOS/c1-16(2,3)18-10-12-6-7-15(14(17)9-12)20-11-13-5-4-8-19-13/h6-7,9,13,18H,4-5,8,10-11H2,1-3H3. The summed E-state index contributed by atoms with van der Waals surface area (Å²) in [7, 11) is 0. The molecule has 1 unspecified atom stereocenters. The summed E-state index contributed by atoms with van der Waals surface area (Å²) in [5.41, 5.74) is 1.03. The van der Waals surface area contributed by atoms with Crippen molar-refractivity contribution in [3.8, 4) is 0 Å². The molecular formula is C16H24FNOS. The first-order valence-corrected chi connectivity index (χ1v) is 8.20. The monoisotopic (exact) mass is 297 g/mol. The Morgan fingerprint density at radius 3 is 2.80 bits per heavy atom. The van der Waals surface area contributed by atoms with E-state index >= 15 is 0 Å². The second kappa shape index (κ2) is 6.92. The third kappa shape index (κ3) is 5.08. The minimum Gasteiger partial charge on any atom is -0.377 e. The molecule has 0 bridgehead atoms. The summed E-state index contributed by atoms with van der Waals surface area (Å²) in [5, 5.41) is 3.37. The Balaban J connectivity index is 1.88. The van der Waals surface area contributed by atoms with Crippen LogP contribution >= 0.6 is 11.8 Å². The molecule has 1 saturated heterocycles. The van der Waals surface area contributed by atoms with Crippen LogP contribution in [0.25, 0.3) is 0 Å². The van der Waals surface area contributed by atoms with E-state index in [1.54, 1.807) is 17.8 Å². The first-order valence-electron chi connectivity index (χ1n) is 7.22. The molecule has 1 heterocycles. The molecule has 112 valence electrons. The number of benzene rings is 1. The summed E-state index contributed by atoms with van der Waals surface area (Å²) < 4.78 is 19.6. The predicted molar refractivity (Wildman–Crippen MR) is 82.7 cm³/mol. The van der Waals surface area contributed by atoms with Gasteiger partial charge in [-0.05, 0) is 51.3 Å². The first-order chi connectivity index (χ1) is 9.44. The second-order valence-electron chi connectivity index (χ2n) is 6.31. The first kappa shape index (κ1) is 15.8. The van der Waals surface area contributed by atoms with Gasteiger partial charge < -0.3 is 10.1 Å². The van der Waals surface area contributed by atoms with Crippen molar-refractivity contribution in [1.29, 1.82) is 0 Å². The number of halogens is 1. The van der Waals surface area contributed by atoms with Crippen LogP contribution in [0.4, 0.5) is 4.39 Å². The third-order valence-corrected chi connectivity index (χ3v) is 4.45. The molecule has 2 nitrogen and oxygen atoms in total. The van der Waals surface area contributed by atoms with Crippen molar-refractivity contribution in [1.82, 2.24) is 5.32 Å². The van der Waals surface area contributed by atoms with Crippen molar-refractivity contribution in [2.24, 2.45) is 0 Å². The smallest absolute Gasteiger partial charge is 0.137 e. The lowest BCUT2D eigenvalue weighted by Gasteiger charge is -2.20. The van der Waals surface area contributed by atoms with Gasteiger partial charge in [-0.3, -0.25) is 0 Å². The minimum absolute atomic E-state index is 0.0453. The highest BCUT2D eigenvalue weighted by Crippen LogP contribution is 2.26. The SMILES string of the molecule is CC(C)(C)NCc1ccc(SCC2CCCO2)c(F)c1. The molecule has 4 heteroatoms. The van der Waals surface area contributed by atoms with Gasteiger partial charge in [0.25, 0.3) is 0 Å². The zero-order chi connectivity index (χ0) is 14.6. The molecule has 0 saturated carbocycles. The highest BCUT2D eigenvalue weighted by molar-refractivity contribution is 7.99. The van der Waals surface area contributed by atoms with Gasteiger partial charge >= 0.3 is 0 Å². The number of hydrogen-bond donors (Lipinski definition) is 1. The van der Waals surface area contributed by atoms with Gasteiger partial charge in [-0.2, -0.15) is 0 Å². The van der Waals surface area contributed by atoms with Crippen LogP contribution in [0.5, 0.6) is 0 Å². The molecule has 0 radical (unpaired) electrons. The molecule has 20 heavy (non-hydrogen) atoms. The van der Waals surface area contributed by atoms with Crippen LogP contribution in [0.2, 0.25) is 0 Å². The molecular weight excluding hydrogens is 273 g/mol. The van der Waals surface area contributed by atoms with Gasteiger partial charge in [0, 0.05) is 29.3 Å². The molecule has 0 aliphatic carbocycles. The largest absolute Gasteiger partial charge is 0.377 e. The summed E-state index contributed by atoms with van der Waals surface area (Å²) in [6.45, 7) is 7.86. The minimum atomic E-state index is -0.124. The quantitative estimate of drug-likeness (QED) is 0.831. The van der Waals surface area contributed by atoms with E-state index in [9.17, 15) is 4.39 Å². The Morgan fingerprint density at radius 2 is 2.20 bits per heavy atom.